The Morgan fingerprint density at radius 1 is 0.897 bits per heavy atom. The highest BCUT2D eigenvalue weighted by atomic mass is 16.8. The van der Waals surface area contributed by atoms with Crippen molar-refractivity contribution in [2.24, 2.45) is 0 Å². The molecule has 0 spiro atoms. The summed E-state index contributed by atoms with van der Waals surface area (Å²) in [7, 11) is 0. The van der Waals surface area contributed by atoms with Crippen LogP contribution in [0.2, 0.25) is 0 Å². The number of carbonyl (C=O) groups excluding carboxylic acids is 1. The first-order valence-corrected chi connectivity index (χ1v) is 14.0. The third kappa shape index (κ3) is 7.58. The van der Waals surface area contributed by atoms with Crippen molar-refractivity contribution in [1.29, 1.82) is 0 Å². The van der Waals surface area contributed by atoms with Gasteiger partial charge in [0, 0.05) is 5.56 Å². The second-order valence-electron chi connectivity index (χ2n) is 11.4. The van der Waals surface area contributed by atoms with E-state index in [9.17, 15) is 4.79 Å². The lowest BCUT2D eigenvalue weighted by atomic mass is 9.95. The minimum atomic E-state index is -0.842. The average molecular weight is 541 g/mol. The zero-order chi connectivity index (χ0) is 27.2. The van der Waals surface area contributed by atoms with Gasteiger partial charge in [-0.15, -0.1) is 0 Å². The van der Waals surface area contributed by atoms with Crippen molar-refractivity contribution in [2.75, 3.05) is 6.61 Å². The molecule has 3 aliphatic rings. The van der Waals surface area contributed by atoms with Crippen LogP contribution >= 0.6 is 0 Å². The predicted octanol–water partition coefficient (Wildman–Crippen LogP) is 6.08. The van der Waals surface area contributed by atoms with E-state index in [-0.39, 0.29) is 12.7 Å². The van der Waals surface area contributed by atoms with Crippen LogP contribution < -0.4 is 0 Å². The molecule has 2 heterocycles. The zero-order valence-corrected chi connectivity index (χ0v) is 23.0. The molecule has 2 aliphatic heterocycles. The maximum Gasteiger partial charge on any atom is 0.509 e. The minimum Gasteiger partial charge on any atom is -0.429 e. The van der Waals surface area contributed by atoms with Crippen molar-refractivity contribution in [2.45, 2.75) is 108 Å². The maximum absolute atomic E-state index is 13.0. The molecule has 39 heavy (non-hydrogen) atoms. The van der Waals surface area contributed by atoms with Crippen LogP contribution in [0.5, 0.6) is 0 Å². The Balaban J connectivity index is 1.42. The van der Waals surface area contributed by atoms with Gasteiger partial charge in [0.05, 0.1) is 19.3 Å². The number of ether oxygens (including phenoxy) is 7. The summed E-state index contributed by atoms with van der Waals surface area (Å²) in [6, 6.07) is 19.5. The molecule has 1 aliphatic carbocycles. The first kappa shape index (κ1) is 28.1. The van der Waals surface area contributed by atoms with Crippen LogP contribution in [0.4, 0.5) is 4.79 Å². The van der Waals surface area contributed by atoms with E-state index in [1.54, 1.807) is 20.8 Å². The van der Waals surface area contributed by atoms with E-state index < -0.39 is 48.8 Å². The quantitative estimate of drug-likeness (QED) is 0.391. The Labute approximate surface area is 230 Å². The molecule has 2 saturated heterocycles. The average Bonchev–Trinajstić information content (AvgIpc) is 2.93. The van der Waals surface area contributed by atoms with Crippen molar-refractivity contribution in [3.05, 3.63) is 71.8 Å². The Bertz CT molecular complexity index is 1030. The zero-order valence-electron chi connectivity index (χ0n) is 23.0. The van der Waals surface area contributed by atoms with Gasteiger partial charge >= 0.3 is 6.16 Å². The summed E-state index contributed by atoms with van der Waals surface area (Å²) in [5.74, 6) is 0. The lowest BCUT2D eigenvalue weighted by molar-refractivity contribution is -0.372. The third-order valence-corrected chi connectivity index (χ3v) is 7.14. The van der Waals surface area contributed by atoms with Crippen molar-refractivity contribution in [3.63, 3.8) is 0 Å². The molecule has 2 aromatic rings. The van der Waals surface area contributed by atoms with Gasteiger partial charge in [0.25, 0.3) is 0 Å². The van der Waals surface area contributed by atoms with Gasteiger partial charge in [-0.1, -0.05) is 79.9 Å². The van der Waals surface area contributed by atoms with Crippen molar-refractivity contribution in [1.82, 2.24) is 0 Å². The molecule has 0 bridgehead atoms. The van der Waals surface area contributed by atoms with Crippen LogP contribution in [0, 0.1) is 0 Å². The fourth-order valence-electron chi connectivity index (χ4n) is 5.29. The maximum atomic E-state index is 13.0. The smallest absolute Gasteiger partial charge is 0.429 e. The number of fused-ring (bicyclic) bond motifs is 1. The topological polar surface area (TPSA) is 81.7 Å². The number of hydrogen-bond acceptors (Lipinski definition) is 8. The van der Waals surface area contributed by atoms with Crippen LogP contribution in [0.1, 0.15) is 70.3 Å². The highest BCUT2D eigenvalue weighted by Gasteiger charge is 2.54. The lowest BCUT2D eigenvalue weighted by Crippen LogP contribution is -2.64. The summed E-state index contributed by atoms with van der Waals surface area (Å²) in [4.78, 5) is 13.0. The number of rotatable bonds is 7. The molecule has 0 N–H and O–H groups in total. The second kappa shape index (κ2) is 12.8. The summed E-state index contributed by atoms with van der Waals surface area (Å²) < 4.78 is 43.5. The van der Waals surface area contributed by atoms with Gasteiger partial charge in [0.1, 0.15) is 23.9 Å². The molecule has 3 fully saturated rings. The summed E-state index contributed by atoms with van der Waals surface area (Å²) in [5, 5.41) is 0. The summed E-state index contributed by atoms with van der Waals surface area (Å²) in [6.45, 7) is 5.96. The minimum absolute atomic E-state index is 0.0489. The molecule has 2 aromatic carbocycles. The Hall–Kier alpha value is -2.49. The van der Waals surface area contributed by atoms with Crippen LogP contribution in [0.15, 0.2) is 60.7 Å². The van der Waals surface area contributed by atoms with Gasteiger partial charge in [-0.3, -0.25) is 0 Å². The fourth-order valence-corrected chi connectivity index (χ4v) is 5.29. The molecular formula is C31H40O8. The first-order valence-electron chi connectivity index (χ1n) is 14.0. The highest BCUT2D eigenvalue weighted by molar-refractivity contribution is 5.61. The lowest BCUT2D eigenvalue weighted by Gasteiger charge is -2.49. The van der Waals surface area contributed by atoms with Gasteiger partial charge in [0.15, 0.2) is 18.7 Å². The van der Waals surface area contributed by atoms with Gasteiger partial charge < -0.3 is 33.2 Å². The van der Waals surface area contributed by atoms with Crippen LogP contribution in [-0.2, 0) is 39.8 Å². The van der Waals surface area contributed by atoms with E-state index >= 15 is 0 Å². The number of benzene rings is 2. The summed E-state index contributed by atoms with van der Waals surface area (Å²) in [6.07, 6.45) is 0.475. The van der Waals surface area contributed by atoms with E-state index in [1.165, 1.54) is 6.42 Å². The molecule has 0 radical (unpaired) electrons. The predicted molar refractivity (Wildman–Crippen MR) is 143 cm³/mol. The van der Waals surface area contributed by atoms with Crippen molar-refractivity contribution in [3.8, 4) is 0 Å². The van der Waals surface area contributed by atoms with Crippen molar-refractivity contribution < 1.29 is 38.0 Å². The molecule has 1 unspecified atom stereocenters. The van der Waals surface area contributed by atoms with E-state index in [4.69, 9.17) is 33.2 Å². The number of carbonyl (C=O) groups is 1. The molecule has 5 rings (SSSR count). The molecule has 6 atom stereocenters. The normalized spacial score (nSPS) is 29.8. The molecule has 1 saturated carbocycles. The van der Waals surface area contributed by atoms with Crippen LogP contribution in [-0.4, -0.2) is 55.2 Å². The van der Waals surface area contributed by atoms with E-state index in [1.807, 2.05) is 60.7 Å². The van der Waals surface area contributed by atoms with E-state index in [0.29, 0.717) is 6.61 Å². The van der Waals surface area contributed by atoms with Crippen LogP contribution in [0.25, 0.3) is 0 Å². The highest BCUT2D eigenvalue weighted by Crippen LogP contribution is 2.38. The standard InChI is InChI=1S/C31H40O8/c1-31(2,3)39-30(32)38-26-25-24(20-34-28(37-25)22-15-9-5-10-16-22)36-29(35-23-17-11-6-12-18-23)27(26)33-19-21-13-7-4-8-14-21/h4-5,7-10,13-16,23-29H,6,11-12,17-20H2,1-3H3/t24-,25-,26+,27+,28?,29+/m1/s1. The van der Waals surface area contributed by atoms with Gasteiger partial charge in [-0.2, -0.15) is 0 Å². The SMILES string of the molecule is CC(C)(C)OC(=O)O[C@@H]1[C@H](OCc2ccccc2)[C@@H](OC2CCCCC2)O[C@@H]2COC(c3ccccc3)O[C@@H]12. The summed E-state index contributed by atoms with van der Waals surface area (Å²) >= 11 is 0. The number of hydrogen-bond donors (Lipinski definition) is 0. The Kier molecular flexibility index (Phi) is 9.20. The molecule has 212 valence electrons. The first-order chi connectivity index (χ1) is 18.9. The van der Waals surface area contributed by atoms with Crippen molar-refractivity contribution >= 4 is 6.16 Å². The molecular weight excluding hydrogens is 500 g/mol. The fraction of sp³-hybridized carbons (Fsp3) is 0.581. The summed E-state index contributed by atoms with van der Waals surface area (Å²) in [5.41, 5.74) is 1.14. The third-order valence-electron chi connectivity index (χ3n) is 7.14. The Morgan fingerprint density at radius 2 is 1.59 bits per heavy atom. The van der Waals surface area contributed by atoms with E-state index in [0.717, 1.165) is 36.8 Å². The molecule has 0 amide bonds. The Morgan fingerprint density at radius 3 is 2.28 bits per heavy atom. The largest absolute Gasteiger partial charge is 0.509 e. The molecule has 0 aromatic heterocycles. The van der Waals surface area contributed by atoms with Crippen LogP contribution in [0.3, 0.4) is 0 Å². The molecule has 8 nitrogen and oxygen atoms in total. The van der Waals surface area contributed by atoms with Gasteiger partial charge in [-0.05, 0) is 39.2 Å². The monoisotopic (exact) mass is 540 g/mol. The van der Waals surface area contributed by atoms with Gasteiger partial charge in [0.2, 0.25) is 0 Å². The van der Waals surface area contributed by atoms with E-state index in [2.05, 4.69) is 0 Å². The van der Waals surface area contributed by atoms with Gasteiger partial charge in [-0.25, -0.2) is 4.79 Å². The second-order valence-corrected chi connectivity index (χ2v) is 11.4. The molecule has 8 heteroatoms.